The first-order valence-corrected chi connectivity index (χ1v) is 10.4. The maximum absolute atomic E-state index is 6.22. The highest BCUT2D eigenvalue weighted by molar-refractivity contribution is 7.80. The molecule has 0 spiro atoms. The topological polar surface area (TPSA) is 39.7 Å². The van der Waals surface area contributed by atoms with E-state index in [1.807, 2.05) is 73.7 Å². The number of thiocarbonyl (C=S) groups is 1. The van der Waals surface area contributed by atoms with E-state index in [0.717, 1.165) is 22.4 Å². The maximum atomic E-state index is 6.22. The Labute approximate surface area is 187 Å². The normalized spacial score (nSPS) is 10.4. The van der Waals surface area contributed by atoms with Crippen molar-refractivity contribution in [3.63, 3.8) is 0 Å². The monoisotopic (exact) mass is 441 g/mol. The van der Waals surface area contributed by atoms with Gasteiger partial charge in [-0.2, -0.15) is 0 Å². The highest BCUT2D eigenvalue weighted by Crippen LogP contribution is 2.30. The van der Waals surface area contributed by atoms with E-state index in [0.29, 0.717) is 41.3 Å². The smallest absolute Gasteiger partial charge is 0.161 e. The molecule has 0 aliphatic heterocycles. The van der Waals surface area contributed by atoms with E-state index in [9.17, 15) is 0 Å². The number of hydrogen-bond acceptors (Lipinski definition) is 4. The van der Waals surface area contributed by atoms with Crippen LogP contribution in [0.15, 0.2) is 66.7 Å². The van der Waals surface area contributed by atoms with E-state index in [1.165, 1.54) is 0 Å². The van der Waals surface area contributed by atoms with Crippen LogP contribution in [0.2, 0.25) is 5.02 Å². The van der Waals surface area contributed by atoms with E-state index >= 15 is 0 Å². The van der Waals surface area contributed by atoms with Gasteiger partial charge in [0.2, 0.25) is 0 Å². The van der Waals surface area contributed by atoms with Crippen LogP contribution in [0.4, 0.5) is 0 Å². The van der Waals surface area contributed by atoms with Gasteiger partial charge >= 0.3 is 0 Å². The van der Waals surface area contributed by atoms with Crippen molar-refractivity contribution in [1.29, 1.82) is 0 Å². The summed E-state index contributed by atoms with van der Waals surface area (Å²) in [5.41, 5.74) is 2.86. The van der Waals surface area contributed by atoms with Crippen molar-refractivity contribution < 1.29 is 14.2 Å². The van der Waals surface area contributed by atoms with E-state index in [4.69, 9.17) is 38.0 Å². The summed E-state index contributed by atoms with van der Waals surface area (Å²) in [6.07, 6.45) is 0. The molecule has 0 fully saturated rings. The van der Waals surface area contributed by atoms with Gasteiger partial charge in [-0.1, -0.05) is 54.2 Å². The Bertz CT molecular complexity index is 1010. The second kappa shape index (κ2) is 10.9. The van der Waals surface area contributed by atoms with Crippen molar-refractivity contribution in [2.24, 2.45) is 0 Å². The van der Waals surface area contributed by atoms with Crippen LogP contribution in [0, 0.1) is 0 Å². The molecule has 0 bridgehead atoms. The fraction of sp³-hybridized carbons (Fsp3) is 0.208. The summed E-state index contributed by atoms with van der Waals surface area (Å²) in [7, 11) is 1.65. The lowest BCUT2D eigenvalue weighted by molar-refractivity contribution is 0.269. The summed E-state index contributed by atoms with van der Waals surface area (Å²) in [6.45, 7) is 3.42. The standard InChI is InChI=1S/C24H24ClNO3S/c1-3-28-23-14-18(24(30)26-15-17-7-6-9-20(13-17)27-2)11-12-22(23)29-16-19-8-4-5-10-21(19)25/h4-14H,3,15-16H2,1-2H3,(H,26,30). The van der Waals surface area contributed by atoms with Gasteiger partial charge in [-0.05, 0) is 48.9 Å². The van der Waals surface area contributed by atoms with Crippen LogP contribution < -0.4 is 19.5 Å². The minimum absolute atomic E-state index is 0.359. The van der Waals surface area contributed by atoms with Crippen LogP contribution in [0.3, 0.4) is 0 Å². The second-order valence-corrected chi connectivity index (χ2v) is 7.32. The molecule has 3 rings (SSSR count). The van der Waals surface area contributed by atoms with Gasteiger partial charge in [-0.25, -0.2) is 0 Å². The molecule has 30 heavy (non-hydrogen) atoms. The number of ether oxygens (including phenoxy) is 3. The summed E-state index contributed by atoms with van der Waals surface area (Å²) >= 11 is 11.8. The molecular weight excluding hydrogens is 418 g/mol. The number of halogens is 1. The van der Waals surface area contributed by atoms with E-state index in [2.05, 4.69) is 5.32 Å². The molecule has 0 radical (unpaired) electrons. The fourth-order valence-corrected chi connectivity index (χ4v) is 3.26. The van der Waals surface area contributed by atoms with Crippen LogP contribution in [0.25, 0.3) is 0 Å². The molecule has 0 amide bonds. The van der Waals surface area contributed by atoms with Gasteiger partial charge in [-0.3, -0.25) is 0 Å². The largest absolute Gasteiger partial charge is 0.497 e. The molecule has 0 aromatic heterocycles. The molecule has 3 aromatic rings. The molecule has 156 valence electrons. The predicted molar refractivity (Wildman–Crippen MR) is 125 cm³/mol. The Hall–Kier alpha value is -2.76. The van der Waals surface area contributed by atoms with Gasteiger partial charge in [0.1, 0.15) is 17.3 Å². The number of methoxy groups -OCH3 is 1. The Kier molecular flexibility index (Phi) is 7.94. The van der Waals surface area contributed by atoms with Crippen molar-refractivity contribution in [1.82, 2.24) is 5.32 Å². The van der Waals surface area contributed by atoms with Crippen molar-refractivity contribution in [3.05, 3.63) is 88.4 Å². The van der Waals surface area contributed by atoms with E-state index in [-0.39, 0.29) is 0 Å². The summed E-state index contributed by atoms with van der Waals surface area (Å²) in [5, 5.41) is 3.96. The third-order valence-electron chi connectivity index (χ3n) is 4.43. The molecule has 0 atom stereocenters. The molecule has 4 nitrogen and oxygen atoms in total. The third-order valence-corrected chi connectivity index (χ3v) is 5.18. The van der Waals surface area contributed by atoms with Gasteiger partial charge in [0.25, 0.3) is 0 Å². The summed E-state index contributed by atoms with van der Waals surface area (Å²) in [6, 6.07) is 21.2. The van der Waals surface area contributed by atoms with Crippen molar-refractivity contribution in [3.8, 4) is 17.2 Å². The molecule has 0 heterocycles. The lowest BCUT2D eigenvalue weighted by atomic mass is 10.1. The second-order valence-electron chi connectivity index (χ2n) is 6.51. The Balaban J connectivity index is 1.68. The zero-order valence-electron chi connectivity index (χ0n) is 17.0. The molecule has 1 N–H and O–H groups in total. The van der Waals surface area contributed by atoms with Crippen LogP contribution in [0.1, 0.15) is 23.6 Å². The molecule has 0 saturated carbocycles. The van der Waals surface area contributed by atoms with Gasteiger partial charge < -0.3 is 19.5 Å². The average Bonchev–Trinajstić information content (AvgIpc) is 2.78. The van der Waals surface area contributed by atoms with Crippen molar-refractivity contribution in [2.45, 2.75) is 20.1 Å². The zero-order chi connectivity index (χ0) is 21.3. The molecular formula is C24H24ClNO3S. The average molecular weight is 442 g/mol. The summed E-state index contributed by atoms with van der Waals surface area (Å²) < 4.78 is 17.0. The molecule has 0 unspecified atom stereocenters. The summed E-state index contributed by atoms with van der Waals surface area (Å²) in [4.78, 5) is 0.636. The van der Waals surface area contributed by atoms with Crippen molar-refractivity contribution >= 4 is 28.8 Å². The number of hydrogen-bond donors (Lipinski definition) is 1. The van der Waals surface area contributed by atoms with Crippen LogP contribution in [-0.4, -0.2) is 18.7 Å². The fourth-order valence-electron chi connectivity index (χ4n) is 2.87. The highest BCUT2D eigenvalue weighted by atomic mass is 35.5. The van der Waals surface area contributed by atoms with Crippen molar-refractivity contribution in [2.75, 3.05) is 13.7 Å². The first kappa shape index (κ1) is 21.9. The van der Waals surface area contributed by atoms with Crippen LogP contribution in [0.5, 0.6) is 17.2 Å². The third kappa shape index (κ3) is 5.88. The molecule has 0 aliphatic carbocycles. The van der Waals surface area contributed by atoms with E-state index < -0.39 is 0 Å². The Morgan fingerprint density at radius 1 is 0.967 bits per heavy atom. The quantitative estimate of drug-likeness (QED) is 0.425. The number of nitrogens with one attached hydrogen (secondary N) is 1. The van der Waals surface area contributed by atoms with Gasteiger partial charge in [0.05, 0.1) is 13.7 Å². The Morgan fingerprint density at radius 2 is 1.80 bits per heavy atom. The minimum atomic E-state index is 0.359. The van der Waals surface area contributed by atoms with Gasteiger partial charge in [0.15, 0.2) is 11.5 Å². The lowest BCUT2D eigenvalue weighted by Crippen LogP contribution is -2.21. The highest BCUT2D eigenvalue weighted by Gasteiger charge is 2.11. The van der Waals surface area contributed by atoms with Crippen LogP contribution >= 0.6 is 23.8 Å². The minimum Gasteiger partial charge on any atom is -0.497 e. The first-order chi connectivity index (χ1) is 14.6. The molecule has 0 saturated heterocycles. The predicted octanol–water partition coefficient (Wildman–Crippen LogP) is 5.79. The number of rotatable bonds is 9. The SMILES string of the molecule is CCOc1cc(C(=S)NCc2cccc(OC)c2)ccc1OCc1ccccc1Cl. The van der Waals surface area contributed by atoms with E-state index in [1.54, 1.807) is 7.11 Å². The van der Waals surface area contributed by atoms with Gasteiger partial charge in [0, 0.05) is 22.7 Å². The summed E-state index contributed by atoms with van der Waals surface area (Å²) in [5.74, 6) is 2.11. The number of benzene rings is 3. The Morgan fingerprint density at radius 3 is 2.57 bits per heavy atom. The molecule has 0 aliphatic rings. The molecule has 6 heteroatoms. The van der Waals surface area contributed by atoms with Gasteiger partial charge in [-0.15, -0.1) is 0 Å². The molecule has 3 aromatic carbocycles. The first-order valence-electron chi connectivity index (χ1n) is 9.65. The zero-order valence-corrected chi connectivity index (χ0v) is 18.6. The maximum Gasteiger partial charge on any atom is 0.161 e. The lowest BCUT2D eigenvalue weighted by Gasteiger charge is -2.15. The van der Waals surface area contributed by atoms with Crippen LogP contribution in [-0.2, 0) is 13.2 Å².